The number of phenols is 1. The van der Waals surface area contributed by atoms with Crippen LogP contribution in [0.1, 0.15) is 34.1 Å². The number of nitrogens with zero attached hydrogens (tertiary/aromatic N) is 2. The van der Waals surface area contributed by atoms with Crippen molar-refractivity contribution in [1.29, 1.82) is 0 Å². The summed E-state index contributed by atoms with van der Waals surface area (Å²) in [6.07, 6.45) is 0. The van der Waals surface area contributed by atoms with Crippen molar-refractivity contribution < 1.29 is 14.9 Å². The van der Waals surface area contributed by atoms with Gasteiger partial charge in [-0.05, 0) is 133 Å². The van der Waals surface area contributed by atoms with E-state index in [9.17, 15) is 0 Å². The number of phenolic OH excluding ortho intramolecular Hbond substituents is 1. The van der Waals surface area contributed by atoms with E-state index >= 15 is 0 Å². The zero-order valence-corrected chi connectivity index (χ0v) is 38.0. The maximum atomic E-state index is 8.74. The summed E-state index contributed by atoms with van der Waals surface area (Å²) >= 11 is 30.8. The summed E-state index contributed by atoms with van der Waals surface area (Å²) < 4.78 is 7.89. The van der Waals surface area contributed by atoms with E-state index in [0.29, 0.717) is 19.0 Å². The normalized spacial score (nSPS) is 11.0. The molecule has 300 valence electrons. The van der Waals surface area contributed by atoms with Gasteiger partial charge < -0.3 is 19.8 Å². The zero-order chi connectivity index (χ0) is 41.2. The van der Waals surface area contributed by atoms with Crippen molar-refractivity contribution in [3.8, 4) is 11.5 Å². The Kier molecular flexibility index (Phi) is 20.2. The van der Waals surface area contributed by atoms with E-state index in [1.54, 1.807) is 24.3 Å². The average Bonchev–Trinajstić information content (AvgIpc) is 3.20. The Morgan fingerprint density at radius 3 is 1.14 bits per heavy atom. The van der Waals surface area contributed by atoms with E-state index < -0.39 is 0 Å². The number of aromatic hydroxyl groups is 1. The first-order valence-electron chi connectivity index (χ1n) is 18.3. The predicted molar refractivity (Wildman–Crippen MR) is 248 cm³/mol. The van der Waals surface area contributed by atoms with Gasteiger partial charge in [-0.2, -0.15) is 0 Å². The molecule has 3 N–H and O–H groups in total. The van der Waals surface area contributed by atoms with Crippen molar-refractivity contribution in [3.05, 3.63) is 197 Å². The van der Waals surface area contributed by atoms with E-state index in [-0.39, 0.29) is 11.8 Å². The van der Waals surface area contributed by atoms with Crippen LogP contribution in [0.25, 0.3) is 0 Å². The molecular formula is C46H47Br2Cl4N2O3+. The Morgan fingerprint density at radius 1 is 0.509 bits per heavy atom. The molecule has 0 heterocycles. The van der Waals surface area contributed by atoms with E-state index in [4.69, 9.17) is 61.4 Å². The van der Waals surface area contributed by atoms with E-state index in [2.05, 4.69) is 97.2 Å². The molecule has 5 nitrogen and oxygen atoms in total. The fourth-order valence-electron chi connectivity index (χ4n) is 5.87. The third-order valence-corrected chi connectivity index (χ3v) is 11.0. The van der Waals surface area contributed by atoms with Crippen LogP contribution in [0.3, 0.4) is 0 Å². The quantitative estimate of drug-likeness (QED) is 0.111. The SMILES string of the molecule is CN(CCOc1ccc(Br)cc1)CC(c1ccc(Cl)cc1)c1ccc(Cl)cc1.CN(CC[OH2+])CC(c1ccc(Cl)cc1)c1ccc(Cl)cc1.Oc1ccc(Br)cc1. The molecule has 0 aliphatic rings. The van der Waals surface area contributed by atoms with E-state index in [1.165, 1.54) is 22.3 Å². The summed E-state index contributed by atoms with van der Waals surface area (Å²) in [4.78, 5) is 4.47. The van der Waals surface area contributed by atoms with Gasteiger partial charge in [0.25, 0.3) is 0 Å². The fourth-order valence-corrected chi connectivity index (χ4v) is 6.91. The molecule has 0 saturated heterocycles. The third kappa shape index (κ3) is 17.0. The van der Waals surface area contributed by atoms with Gasteiger partial charge >= 0.3 is 0 Å². The Bertz CT molecular complexity index is 1910. The first-order chi connectivity index (χ1) is 27.4. The van der Waals surface area contributed by atoms with Crippen LogP contribution in [0, 0.1) is 0 Å². The van der Waals surface area contributed by atoms with Gasteiger partial charge in [0, 0.05) is 60.5 Å². The van der Waals surface area contributed by atoms with Crippen LogP contribution in [0.5, 0.6) is 11.5 Å². The van der Waals surface area contributed by atoms with Crippen LogP contribution >= 0.6 is 78.3 Å². The second kappa shape index (κ2) is 24.8. The lowest BCUT2D eigenvalue weighted by molar-refractivity contribution is 0.218. The van der Waals surface area contributed by atoms with Gasteiger partial charge in [-0.3, -0.25) is 4.90 Å². The highest BCUT2D eigenvalue weighted by Gasteiger charge is 2.18. The Morgan fingerprint density at radius 2 is 0.825 bits per heavy atom. The van der Waals surface area contributed by atoms with Crippen LogP contribution in [-0.2, 0) is 0 Å². The molecule has 0 aromatic heterocycles. The molecule has 6 aromatic carbocycles. The number of rotatable bonds is 14. The molecule has 0 spiro atoms. The lowest BCUT2D eigenvalue weighted by atomic mass is 9.91. The summed E-state index contributed by atoms with van der Waals surface area (Å²) in [5.41, 5.74) is 4.90. The number of hydrogen-bond acceptors (Lipinski definition) is 4. The first kappa shape index (κ1) is 46.6. The average molecular weight is 978 g/mol. The van der Waals surface area contributed by atoms with E-state index in [0.717, 1.165) is 61.0 Å². The summed E-state index contributed by atoms with van der Waals surface area (Å²) in [6.45, 7) is 4.36. The molecule has 0 bridgehead atoms. The Labute approximate surface area is 374 Å². The molecule has 6 rings (SSSR count). The van der Waals surface area contributed by atoms with Crippen molar-refractivity contribution in [3.63, 3.8) is 0 Å². The van der Waals surface area contributed by atoms with Crippen LogP contribution in [0.2, 0.25) is 20.1 Å². The van der Waals surface area contributed by atoms with Crippen molar-refractivity contribution in [1.82, 2.24) is 9.80 Å². The summed E-state index contributed by atoms with van der Waals surface area (Å²) in [7, 11) is 4.16. The molecule has 0 atom stereocenters. The largest absolute Gasteiger partial charge is 0.508 e. The third-order valence-electron chi connectivity index (χ3n) is 8.95. The molecule has 11 heteroatoms. The molecule has 0 unspecified atom stereocenters. The van der Waals surface area contributed by atoms with Gasteiger partial charge in [0.1, 0.15) is 18.1 Å². The van der Waals surface area contributed by atoms with Crippen molar-refractivity contribution in [2.24, 2.45) is 0 Å². The molecule has 0 aliphatic carbocycles. The number of likely N-dealkylation sites (N-methyl/N-ethyl adjacent to an activating group) is 2. The smallest absolute Gasteiger partial charge is 0.156 e. The topological polar surface area (TPSA) is 58.8 Å². The van der Waals surface area contributed by atoms with Gasteiger partial charge in [0.15, 0.2) is 6.61 Å². The van der Waals surface area contributed by atoms with Crippen LogP contribution in [0.4, 0.5) is 0 Å². The van der Waals surface area contributed by atoms with Crippen LogP contribution < -0.4 is 4.74 Å². The maximum Gasteiger partial charge on any atom is 0.156 e. The van der Waals surface area contributed by atoms with E-state index in [1.807, 2.05) is 79.8 Å². The summed E-state index contributed by atoms with van der Waals surface area (Å²) in [5.74, 6) is 1.65. The Balaban J connectivity index is 0.000000217. The lowest BCUT2D eigenvalue weighted by Crippen LogP contribution is -2.29. The monoisotopic (exact) mass is 973 g/mol. The fraction of sp³-hybridized carbons (Fsp3) is 0.217. The summed E-state index contributed by atoms with van der Waals surface area (Å²) in [6, 6.07) is 46.8. The molecule has 0 radical (unpaired) electrons. The minimum atomic E-state index is 0.229. The van der Waals surface area contributed by atoms with Crippen LogP contribution in [0.15, 0.2) is 155 Å². The lowest BCUT2D eigenvalue weighted by Gasteiger charge is -2.25. The first-order valence-corrected chi connectivity index (χ1v) is 21.4. The van der Waals surface area contributed by atoms with Crippen molar-refractivity contribution in [2.75, 3.05) is 53.5 Å². The highest BCUT2D eigenvalue weighted by molar-refractivity contribution is 9.10. The summed E-state index contributed by atoms with van der Waals surface area (Å²) in [5, 5.41) is 19.1. The van der Waals surface area contributed by atoms with Crippen LogP contribution in [-0.4, -0.2) is 73.5 Å². The Hall–Kier alpha value is -3.08. The number of benzene rings is 6. The molecular weight excluding hydrogens is 930 g/mol. The number of halogens is 6. The second-order valence-electron chi connectivity index (χ2n) is 13.4. The molecule has 57 heavy (non-hydrogen) atoms. The molecule has 0 fully saturated rings. The molecule has 6 aromatic rings. The highest BCUT2D eigenvalue weighted by atomic mass is 79.9. The van der Waals surface area contributed by atoms with Crippen molar-refractivity contribution in [2.45, 2.75) is 11.8 Å². The minimum absolute atomic E-state index is 0.229. The second-order valence-corrected chi connectivity index (χ2v) is 16.9. The molecule has 0 saturated carbocycles. The zero-order valence-electron chi connectivity index (χ0n) is 31.8. The molecule has 0 aliphatic heterocycles. The van der Waals surface area contributed by atoms with Gasteiger partial charge in [0.2, 0.25) is 0 Å². The maximum absolute atomic E-state index is 8.74. The van der Waals surface area contributed by atoms with Gasteiger partial charge in [-0.1, -0.05) is 127 Å². The van der Waals surface area contributed by atoms with Gasteiger partial charge in [-0.25, -0.2) is 0 Å². The standard InChI is InChI=1S/C23H22BrCl2NO.C17H19Cl2NO.C6H5BrO/c1-27(14-15-28-22-12-6-19(24)7-13-22)16-23(17-2-8-20(25)9-3-17)18-4-10-21(26)11-5-18;1-20(10-11-21)12-17(13-2-6-15(18)7-3-13)14-4-8-16(19)9-5-14;7-5-1-3-6(8)4-2-5/h2-13,23H,14-16H2,1H3;2-9,17,21H,10-12H2,1H3;1-4,8H/p+1. The number of ether oxygens (including phenoxy) is 1. The van der Waals surface area contributed by atoms with Gasteiger partial charge in [0.05, 0.1) is 6.54 Å². The minimum Gasteiger partial charge on any atom is -0.508 e. The van der Waals surface area contributed by atoms with Gasteiger partial charge in [-0.15, -0.1) is 0 Å². The highest BCUT2D eigenvalue weighted by Crippen LogP contribution is 2.29. The van der Waals surface area contributed by atoms with Crippen molar-refractivity contribution >= 4 is 78.3 Å². The predicted octanol–water partition coefficient (Wildman–Crippen LogP) is 12.8. The number of hydrogen-bond donors (Lipinski definition) is 1. The molecule has 0 amide bonds.